The Labute approximate surface area is 57.3 Å². The maximum atomic E-state index is 3.15. The van der Waals surface area contributed by atoms with Crippen LogP contribution in [0, 0.1) is 5.41 Å². The van der Waals surface area contributed by atoms with Crippen molar-refractivity contribution < 1.29 is 0 Å². The summed E-state index contributed by atoms with van der Waals surface area (Å²) in [6, 6.07) is 0. The third-order valence-electron chi connectivity index (χ3n) is 1.86. The second-order valence-electron chi connectivity index (χ2n) is 3.48. The van der Waals surface area contributed by atoms with Gasteiger partial charge in [0.15, 0.2) is 0 Å². The highest BCUT2D eigenvalue weighted by Crippen LogP contribution is 2.28. The summed E-state index contributed by atoms with van der Waals surface area (Å²) in [5.41, 5.74) is 3.67. The van der Waals surface area contributed by atoms with Gasteiger partial charge in [-0.2, -0.15) is 0 Å². The van der Waals surface area contributed by atoms with Crippen molar-refractivity contribution in [1.82, 2.24) is 0 Å². The lowest BCUT2D eigenvalue weighted by Gasteiger charge is -2.19. The van der Waals surface area contributed by atoms with E-state index in [1.165, 1.54) is 19.3 Å². The van der Waals surface area contributed by atoms with Crippen molar-refractivity contribution in [3.8, 4) is 0 Å². The van der Waals surface area contributed by atoms with E-state index in [2.05, 4.69) is 31.7 Å². The van der Waals surface area contributed by atoms with Gasteiger partial charge in [-0.1, -0.05) is 13.8 Å². The molecule has 0 spiro atoms. The van der Waals surface area contributed by atoms with Crippen LogP contribution < -0.4 is 0 Å². The van der Waals surface area contributed by atoms with Crippen LogP contribution in [0.1, 0.15) is 33.1 Å². The van der Waals surface area contributed by atoms with E-state index in [0.717, 1.165) is 0 Å². The SMILES string of the molecule is CC1(C)CC=C=CCC1. The molecule has 0 aliphatic heterocycles. The average Bonchev–Trinajstić information content (AvgIpc) is 1.92. The maximum Gasteiger partial charge on any atom is -0.0223 e. The van der Waals surface area contributed by atoms with Crippen molar-refractivity contribution in [3.05, 3.63) is 17.9 Å². The molecule has 0 saturated heterocycles. The van der Waals surface area contributed by atoms with Crippen LogP contribution in [0.25, 0.3) is 0 Å². The molecule has 50 valence electrons. The molecular weight excluding hydrogens is 108 g/mol. The first kappa shape index (κ1) is 6.64. The summed E-state index contributed by atoms with van der Waals surface area (Å²) in [5, 5.41) is 0. The minimum absolute atomic E-state index is 0.514. The predicted molar refractivity (Wildman–Crippen MR) is 40.3 cm³/mol. The standard InChI is InChI=1S/C9H14/c1-9(2)7-5-3-4-6-8-9/h3,6H,5,7-8H2,1-2H3. The fourth-order valence-electron chi connectivity index (χ4n) is 1.07. The summed E-state index contributed by atoms with van der Waals surface area (Å²) < 4.78 is 0. The number of rotatable bonds is 0. The van der Waals surface area contributed by atoms with E-state index in [1.54, 1.807) is 0 Å². The first-order valence-corrected chi connectivity index (χ1v) is 3.60. The smallest absolute Gasteiger partial charge is 0.0223 e. The summed E-state index contributed by atoms with van der Waals surface area (Å²) in [7, 11) is 0. The van der Waals surface area contributed by atoms with Gasteiger partial charge in [0, 0.05) is 0 Å². The van der Waals surface area contributed by atoms with Gasteiger partial charge in [0.25, 0.3) is 0 Å². The molecule has 0 aromatic heterocycles. The summed E-state index contributed by atoms with van der Waals surface area (Å²) in [6.45, 7) is 4.62. The Bertz CT molecular complexity index is 145. The molecule has 0 aromatic rings. The molecule has 0 saturated carbocycles. The third-order valence-corrected chi connectivity index (χ3v) is 1.86. The van der Waals surface area contributed by atoms with Gasteiger partial charge in [-0.05, 0) is 36.8 Å². The Morgan fingerprint density at radius 3 is 2.89 bits per heavy atom. The lowest BCUT2D eigenvalue weighted by Crippen LogP contribution is -2.07. The number of allylic oxidation sites excluding steroid dienone is 1. The van der Waals surface area contributed by atoms with Gasteiger partial charge >= 0.3 is 0 Å². The highest BCUT2D eigenvalue weighted by Gasteiger charge is 2.15. The zero-order valence-corrected chi connectivity index (χ0v) is 6.28. The molecule has 0 radical (unpaired) electrons. The van der Waals surface area contributed by atoms with Crippen molar-refractivity contribution in [3.63, 3.8) is 0 Å². The average molecular weight is 122 g/mol. The first-order valence-electron chi connectivity index (χ1n) is 3.60. The molecule has 0 fully saturated rings. The Morgan fingerprint density at radius 2 is 2.11 bits per heavy atom. The fraction of sp³-hybridized carbons (Fsp3) is 0.667. The normalized spacial score (nSPS) is 23.8. The van der Waals surface area contributed by atoms with Gasteiger partial charge in [0.2, 0.25) is 0 Å². The highest BCUT2D eigenvalue weighted by atomic mass is 14.2. The summed E-state index contributed by atoms with van der Waals surface area (Å²) >= 11 is 0. The Morgan fingerprint density at radius 1 is 1.33 bits per heavy atom. The largest absolute Gasteiger partial charge is 0.130 e. The molecular formula is C9H14. The quantitative estimate of drug-likeness (QED) is 0.433. The van der Waals surface area contributed by atoms with E-state index in [4.69, 9.17) is 0 Å². The van der Waals surface area contributed by atoms with Crippen LogP contribution in [0.5, 0.6) is 0 Å². The molecule has 0 atom stereocenters. The Balaban J connectivity index is 2.57. The van der Waals surface area contributed by atoms with E-state index in [1.807, 2.05) is 0 Å². The zero-order chi connectivity index (χ0) is 6.74. The topological polar surface area (TPSA) is 0 Å². The van der Waals surface area contributed by atoms with Crippen LogP contribution in [-0.2, 0) is 0 Å². The number of hydrogen-bond acceptors (Lipinski definition) is 0. The third kappa shape index (κ3) is 2.07. The van der Waals surface area contributed by atoms with Gasteiger partial charge < -0.3 is 0 Å². The molecule has 1 aliphatic rings. The molecule has 0 bridgehead atoms. The molecule has 0 heterocycles. The van der Waals surface area contributed by atoms with Crippen LogP contribution in [0.15, 0.2) is 17.9 Å². The van der Waals surface area contributed by atoms with Crippen molar-refractivity contribution in [2.24, 2.45) is 5.41 Å². The first-order chi connectivity index (χ1) is 4.21. The Kier molecular flexibility index (Phi) is 1.78. The minimum Gasteiger partial charge on any atom is -0.130 e. The van der Waals surface area contributed by atoms with Crippen LogP contribution in [0.3, 0.4) is 0 Å². The second kappa shape index (κ2) is 2.41. The van der Waals surface area contributed by atoms with E-state index < -0.39 is 0 Å². The van der Waals surface area contributed by atoms with E-state index in [0.29, 0.717) is 5.41 Å². The van der Waals surface area contributed by atoms with E-state index in [-0.39, 0.29) is 0 Å². The van der Waals surface area contributed by atoms with Gasteiger partial charge in [-0.25, -0.2) is 0 Å². The summed E-state index contributed by atoms with van der Waals surface area (Å²) in [6.07, 6.45) is 7.96. The molecule has 1 aliphatic carbocycles. The molecule has 0 nitrogen and oxygen atoms in total. The van der Waals surface area contributed by atoms with Gasteiger partial charge in [0.05, 0.1) is 0 Å². The predicted octanol–water partition coefficient (Wildman–Crippen LogP) is 2.91. The van der Waals surface area contributed by atoms with Crippen LogP contribution >= 0.6 is 0 Å². The van der Waals surface area contributed by atoms with Gasteiger partial charge in [0.1, 0.15) is 0 Å². The lowest BCUT2D eigenvalue weighted by molar-refractivity contribution is 0.346. The van der Waals surface area contributed by atoms with E-state index >= 15 is 0 Å². The van der Waals surface area contributed by atoms with Crippen LogP contribution in [-0.4, -0.2) is 0 Å². The van der Waals surface area contributed by atoms with E-state index in [9.17, 15) is 0 Å². The van der Waals surface area contributed by atoms with Crippen molar-refractivity contribution >= 4 is 0 Å². The molecule has 0 amide bonds. The van der Waals surface area contributed by atoms with Gasteiger partial charge in [-0.15, -0.1) is 5.73 Å². The minimum atomic E-state index is 0.514. The zero-order valence-electron chi connectivity index (χ0n) is 6.28. The molecule has 0 unspecified atom stereocenters. The Hall–Kier alpha value is -0.480. The van der Waals surface area contributed by atoms with Gasteiger partial charge in [-0.3, -0.25) is 0 Å². The molecule has 0 N–H and O–H groups in total. The summed E-state index contributed by atoms with van der Waals surface area (Å²) in [5.74, 6) is 0. The second-order valence-corrected chi connectivity index (χ2v) is 3.48. The lowest BCUT2D eigenvalue weighted by atomic mass is 9.85. The monoisotopic (exact) mass is 122 g/mol. The molecule has 0 heteroatoms. The maximum absolute atomic E-state index is 3.15. The summed E-state index contributed by atoms with van der Waals surface area (Å²) in [4.78, 5) is 0. The highest BCUT2D eigenvalue weighted by molar-refractivity contribution is 4.93. The molecule has 1 rings (SSSR count). The molecule has 0 aromatic carbocycles. The number of hydrogen-bond donors (Lipinski definition) is 0. The van der Waals surface area contributed by atoms with Crippen molar-refractivity contribution in [2.75, 3.05) is 0 Å². The van der Waals surface area contributed by atoms with Crippen molar-refractivity contribution in [2.45, 2.75) is 33.1 Å². The molecule has 9 heavy (non-hydrogen) atoms. The van der Waals surface area contributed by atoms with Crippen LogP contribution in [0.2, 0.25) is 0 Å². The fourth-order valence-corrected chi connectivity index (χ4v) is 1.07. The van der Waals surface area contributed by atoms with Crippen molar-refractivity contribution in [1.29, 1.82) is 0 Å². The van der Waals surface area contributed by atoms with Crippen LogP contribution in [0.4, 0.5) is 0 Å².